The molecule has 2 rings (SSSR count). The lowest BCUT2D eigenvalue weighted by atomic mass is 9.96. The van der Waals surface area contributed by atoms with E-state index in [1.165, 1.54) is 6.20 Å². The van der Waals surface area contributed by atoms with E-state index >= 15 is 0 Å². The number of nitrogens with one attached hydrogen (secondary N) is 3. The van der Waals surface area contributed by atoms with E-state index in [0.29, 0.717) is 29.4 Å². The lowest BCUT2D eigenvalue weighted by Gasteiger charge is -2.17. The minimum Gasteiger partial charge on any atom is -0.455 e. The second-order valence-corrected chi connectivity index (χ2v) is 7.32. The van der Waals surface area contributed by atoms with Crippen LogP contribution in [-0.4, -0.2) is 27.8 Å². The first-order valence-electron chi connectivity index (χ1n) is 9.12. The topological polar surface area (TPSA) is 122 Å². The number of aromatic nitrogens is 2. The van der Waals surface area contributed by atoms with Crippen LogP contribution in [0.25, 0.3) is 0 Å². The van der Waals surface area contributed by atoms with Crippen molar-refractivity contribution < 1.29 is 19.1 Å². The standard InChI is InChI=1S/C20H25N5O4/c1-6-17(26)23-16-11-13(9-10-21-16)29-14-7-8-15(22-12(14)2)24-19(28)25-18(27)20(3,4)5/h7-11H,6H2,1-5H3,(H,21,23,26)(H2,22,24,25,27,28). The van der Waals surface area contributed by atoms with Gasteiger partial charge in [0.1, 0.15) is 23.1 Å². The number of hydrogen-bond acceptors (Lipinski definition) is 6. The van der Waals surface area contributed by atoms with Crippen molar-refractivity contribution in [2.24, 2.45) is 5.41 Å². The van der Waals surface area contributed by atoms with E-state index in [2.05, 4.69) is 25.9 Å². The molecule has 0 aliphatic rings. The van der Waals surface area contributed by atoms with Crippen LogP contribution in [0, 0.1) is 12.3 Å². The van der Waals surface area contributed by atoms with Crippen molar-refractivity contribution in [3.8, 4) is 11.5 Å². The van der Waals surface area contributed by atoms with Gasteiger partial charge in [-0.1, -0.05) is 27.7 Å². The highest BCUT2D eigenvalue weighted by atomic mass is 16.5. The van der Waals surface area contributed by atoms with Gasteiger partial charge >= 0.3 is 6.03 Å². The van der Waals surface area contributed by atoms with Gasteiger partial charge in [0.05, 0.1) is 5.69 Å². The maximum atomic E-state index is 12.0. The summed E-state index contributed by atoms with van der Waals surface area (Å²) in [6, 6.07) is 5.80. The van der Waals surface area contributed by atoms with Crippen molar-refractivity contribution in [3.05, 3.63) is 36.2 Å². The van der Waals surface area contributed by atoms with E-state index in [0.717, 1.165) is 0 Å². The van der Waals surface area contributed by atoms with Crippen molar-refractivity contribution in [2.75, 3.05) is 10.6 Å². The van der Waals surface area contributed by atoms with Crippen molar-refractivity contribution in [3.63, 3.8) is 0 Å². The van der Waals surface area contributed by atoms with Crippen molar-refractivity contribution in [1.82, 2.24) is 15.3 Å². The number of imide groups is 1. The molecule has 3 N–H and O–H groups in total. The van der Waals surface area contributed by atoms with Crippen molar-refractivity contribution in [2.45, 2.75) is 41.0 Å². The van der Waals surface area contributed by atoms with Crippen LogP contribution in [-0.2, 0) is 9.59 Å². The summed E-state index contributed by atoms with van der Waals surface area (Å²) in [4.78, 5) is 43.6. The zero-order chi connectivity index (χ0) is 21.6. The molecular weight excluding hydrogens is 374 g/mol. The Hall–Kier alpha value is -3.49. The SMILES string of the molecule is CCC(=O)Nc1cc(Oc2ccc(NC(=O)NC(=O)C(C)(C)C)nc2C)ccn1. The minimum absolute atomic E-state index is 0.147. The second-order valence-electron chi connectivity index (χ2n) is 7.32. The first-order valence-corrected chi connectivity index (χ1v) is 9.12. The predicted octanol–water partition coefficient (Wildman–Crippen LogP) is 3.62. The third kappa shape index (κ3) is 6.56. The molecule has 0 saturated heterocycles. The number of hydrogen-bond donors (Lipinski definition) is 3. The monoisotopic (exact) mass is 399 g/mol. The maximum Gasteiger partial charge on any atom is 0.327 e. The Bertz CT molecular complexity index is 921. The van der Waals surface area contributed by atoms with Crippen LogP contribution in [0.2, 0.25) is 0 Å². The average molecular weight is 399 g/mol. The molecule has 0 aliphatic carbocycles. The number of ether oxygens (including phenoxy) is 1. The molecule has 0 radical (unpaired) electrons. The third-order valence-corrected chi connectivity index (χ3v) is 3.73. The van der Waals surface area contributed by atoms with Crippen LogP contribution in [0.3, 0.4) is 0 Å². The first-order chi connectivity index (χ1) is 13.6. The number of aryl methyl sites for hydroxylation is 1. The van der Waals surface area contributed by atoms with Crippen LogP contribution < -0.4 is 20.7 Å². The maximum absolute atomic E-state index is 12.0. The van der Waals surface area contributed by atoms with E-state index in [4.69, 9.17) is 4.74 Å². The molecule has 0 fully saturated rings. The molecule has 4 amide bonds. The Morgan fingerprint density at radius 2 is 1.79 bits per heavy atom. The molecule has 0 aliphatic heterocycles. The molecule has 0 aromatic carbocycles. The fourth-order valence-corrected chi connectivity index (χ4v) is 2.07. The predicted molar refractivity (Wildman–Crippen MR) is 109 cm³/mol. The highest BCUT2D eigenvalue weighted by Gasteiger charge is 2.23. The third-order valence-electron chi connectivity index (χ3n) is 3.73. The fourth-order valence-electron chi connectivity index (χ4n) is 2.07. The number of rotatable bonds is 5. The summed E-state index contributed by atoms with van der Waals surface area (Å²) in [5.41, 5.74) is -0.154. The zero-order valence-electron chi connectivity index (χ0n) is 17.1. The number of nitrogens with zero attached hydrogens (tertiary/aromatic N) is 2. The molecule has 2 aromatic heterocycles. The summed E-state index contributed by atoms with van der Waals surface area (Å²) in [5.74, 6) is 1.07. The summed E-state index contributed by atoms with van der Waals surface area (Å²) in [6.45, 7) is 8.60. The molecule has 0 atom stereocenters. The second kappa shape index (κ2) is 9.13. The normalized spacial score (nSPS) is 10.8. The number of pyridine rings is 2. The number of urea groups is 1. The van der Waals surface area contributed by atoms with Crippen LogP contribution in [0.4, 0.5) is 16.4 Å². The van der Waals surface area contributed by atoms with Gasteiger partial charge in [-0.05, 0) is 25.1 Å². The van der Waals surface area contributed by atoms with Crippen LogP contribution in [0.15, 0.2) is 30.5 Å². The Morgan fingerprint density at radius 1 is 1.07 bits per heavy atom. The fraction of sp³-hybridized carbons (Fsp3) is 0.350. The highest BCUT2D eigenvalue weighted by Crippen LogP contribution is 2.26. The Labute approximate surface area is 169 Å². The van der Waals surface area contributed by atoms with Gasteiger partial charge in [-0.25, -0.2) is 14.8 Å². The molecule has 0 unspecified atom stereocenters. The van der Waals surface area contributed by atoms with E-state index < -0.39 is 17.4 Å². The Balaban J connectivity index is 2.04. The van der Waals surface area contributed by atoms with Crippen molar-refractivity contribution >= 4 is 29.5 Å². The van der Waals surface area contributed by atoms with Gasteiger partial charge in [0.2, 0.25) is 11.8 Å². The lowest BCUT2D eigenvalue weighted by molar-refractivity contribution is -0.127. The van der Waals surface area contributed by atoms with Gasteiger partial charge in [0.25, 0.3) is 0 Å². The van der Waals surface area contributed by atoms with Gasteiger partial charge in [-0.2, -0.15) is 0 Å². The molecular formula is C20H25N5O4. The zero-order valence-corrected chi connectivity index (χ0v) is 17.1. The number of amides is 4. The van der Waals surface area contributed by atoms with E-state index in [1.54, 1.807) is 58.9 Å². The molecule has 9 heteroatoms. The van der Waals surface area contributed by atoms with Gasteiger partial charge in [0.15, 0.2) is 0 Å². The smallest absolute Gasteiger partial charge is 0.327 e. The summed E-state index contributed by atoms with van der Waals surface area (Å²) < 4.78 is 5.80. The summed E-state index contributed by atoms with van der Waals surface area (Å²) in [6.07, 6.45) is 1.87. The lowest BCUT2D eigenvalue weighted by Crippen LogP contribution is -2.41. The van der Waals surface area contributed by atoms with Crippen LogP contribution in [0.1, 0.15) is 39.8 Å². The van der Waals surface area contributed by atoms with Gasteiger partial charge in [-0.15, -0.1) is 0 Å². The van der Waals surface area contributed by atoms with E-state index in [9.17, 15) is 14.4 Å². The average Bonchev–Trinajstić information content (AvgIpc) is 2.63. The molecule has 9 nitrogen and oxygen atoms in total. The van der Waals surface area contributed by atoms with Gasteiger partial charge < -0.3 is 10.1 Å². The molecule has 0 spiro atoms. The van der Waals surface area contributed by atoms with E-state index in [1.807, 2.05) is 0 Å². The summed E-state index contributed by atoms with van der Waals surface area (Å²) in [5, 5.41) is 7.45. The largest absolute Gasteiger partial charge is 0.455 e. The highest BCUT2D eigenvalue weighted by molar-refractivity contribution is 6.02. The quantitative estimate of drug-likeness (QED) is 0.706. The molecule has 0 bridgehead atoms. The summed E-state index contributed by atoms with van der Waals surface area (Å²) >= 11 is 0. The Morgan fingerprint density at radius 3 is 2.41 bits per heavy atom. The molecule has 0 saturated carbocycles. The number of carbonyl (C=O) groups is 3. The molecule has 154 valence electrons. The van der Waals surface area contributed by atoms with Crippen molar-refractivity contribution in [1.29, 1.82) is 0 Å². The van der Waals surface area contributed by atoms with Gasteiger partial charge in [-0.3, -0.25) is 20.2 Å². The van der Waals surface area contributed by atoms with E-state index in [-0.39, 0.29) is 11.7 Å². The molecule has 2 heterocycles. The Kier molecular flexibility index (Phi) is 6.87. The first kappa shape index (κ1) is 21.8. The van der Waals surface area contributed by atoms with Crippen LogP contribution in [0.5, 0.6) is 11.5 Å². The van der Waals surface area contributed by atoms with Crippen LogP contribution >= 0.6 is 0 Å². The number of carbonyl (C=O) groups excluding carboxylic acids is 3. The molecule has 2 aromatic rings. The number of anilines is 2. The minimum atomic E-state index is -0.682. The molecule has 29 heavy (non-hydrogen) atoms. The van der Waals surface area contributed by atoms with Gasteiger partial charge in [0, 0.05) is 24.1 Å². The summed E-state index contributed by atoms with van der Waals surface area (Å²) in [7, 11) is 0.